The van der Waals surface area contributed by atoms with E-state index in [-0.39, 0.29) is 0 Å². The summed E-state index contributed by atoms with van der Waals surface area (Å²) in [7, 11) is 0. The van der Waals surface area contributed by atoms with E-state index in [0.717, 1.165) is 25.5 Å². The molecule has 1 aromatic heterocycles. The average molecular weight is 310 g/mol. The Morgan fingerprint density at radius 3 is 2.71 bits per heavy atom. The smallest absolute Gasteiger partial charge is 0.0759 e. The second-order valence-corrected chi connectivity index (χ2v) is 7.19. The van der Waals surface area contributed by atoms with Gasteiger partial charge in [0.05, 0.1) is 6.10 Å². The molecule has 0 bridgehead atoms. The van der Waals surface area contributed by atoms with Crippen LogP contribution in [0, 0.1) is 5.92 Å². The fourth-order valence-electron chi connectivity index (χ4n) is 3.52. The Kier molecular flexibility index (Phi) is 7.76. The van der Waals surface area contributed by atoms with Crippen molar-refractivity contribution in [3.63, 3.8) is 0 Å². The van der Waals surface area contributed by atoms with Crippen molar-refractivity contribution >= 4 is 11.3 Å². The summed E-state index contributed by atoms with van der Waals surface area (Å²) in [4.78, 5) is 1.48. The monoisotopic (exact) mass is 309 g/mol. The number of hydrogen-bond acceptors (Lipinski definition) is 3. The van der Waals surface area contributed by atoms with Gasteiger partial charge in [-0.1, -0.05) is 32.3 Å². The molecule has 0 aliphatic heterocycles. The van der Waals surface area contributed by atoms with E-state index in [4.69, 9.17) is 4.74 Å². The standard InChI is InChI=1S/C18H31NOS/c1-3-12-19-17(14-16-11-8-13-21-16)18(20-4-2)15-9-6-5-7-10-15/h8,11,13,15,17-19H,3-7,9-10,12,14H2,1-2H3. The molecule has 0 saturated heterocycles. The fraction of sp³-hybridized carbons (Fsp3) is 0.778. The maximum Gasteiger partial charge on any atom is 0.0759 e. The highest BCUT2D eigenvalue weighted by molar-refractivity contribution is 7.09. The quantitative estimate of drug-likeness (QED) is 0.717. The minimum atomic E-state index is 0.379. The summed E-state index contributed by atoms with van der Waals surface area (Å²) < 4.78 is 6.23. The molecule has 0 amide bonds. The van der Waals surface area contributed by atoms with E-state index < -0.39 is 0 Å². The first-order valence-corrected chi connectivity index (χ1v) is 9.60. The Hall–Kier alpha value is -0.380. The zero-order valence-electron chi connectivity index (χ0n) is 13.6. The van der Waals surface area contributed by atoms with E-state index in [9.17, 15) is 0 Å². The molecule has 0 aromatic carbocycles. The van der Waals surface area contributed by atoms with Crippen molar-refractivity contribution in [2.75, 3.05) is 13.2 Å². The summed E-state index contributed by atoms with van der Waals surface area (Å²) in [5, 5.41) is 5.95. The minimum Gasteiger partial charge on any atom is -0.377 e. The van der Waals surface area contributed by atoms with Crippen LogP contribution in [-0.4, -0.2) is 25.3 Å². The lowest BCUT2D eigenvalue weighted by atomic mass is 9.81. The highest BCUT2D eigenvalue weighted by atomic mass is 32.1. The van der Waals surface area contributed by atoms with Crippen molar-refractivity contribution < 1.29 is 4.74 Å². The van der Waals surface area contributed by atoms with Crippen LogP contribution in [0.2, 0.25) is 0 Å². The lowest BCUT2D eigenvalue weighted by Crippen LogP contribution is -2.47. The van der Waals surface area contributed by atoms with Crippen LogP contribution in [0.5, 0.6) is 0 Å². The number of hydrogen-bond donors (Lipinski definition) is 1. The Morgan fingerprint density at radius 1 is 1.29 bits per heavy atom. The van der Waals surface area contributed by atoms with Gasteiger partial charge < -0.3 is 10.1 Å². The Morgan fingerprint density at radius 2 is 2.10 bits per heavy atom. The molecule has 0 spiro atoms. The summed E-state index contributed by atoms with van der Waals surface area (Å²) in [6.45, 7) is 6.30. The first-order valence-electron chi connectivity index (χ1n) is 8.72. The maximum atomic E-state index is 6.23. The van der Waals surface area contributed by atoms with Gasteiger partial charge in [0, 0.05) is 17.5 Å². The van der Waals surface area contributed by atoms with Crippen molar-refractivity contribution in [3.8, 4) is 0 Å². The third kappa shape index (κ3) is 5.39. The highest BCUT2D eigenvalue weighted by Gasteiger charge is 2.31. The normalized spacial score (nSPS) is 19.5. The molecule has 1 aliphatic carbocycles. The molecule has 1 heterocycles. The van der Waals surface area contributed by atoms with Crippen LogP contribution in [0.25, 0.3) is 0 Å². The topological polar surface area (TPSA) is 21.3 Å². The summed E-state index contributed by atoms with van der Waals surface area (Å²) >= 11 is 1.87. The summed E-state index contributed by atoms with van der Waals surface area (Å²) in [6, 6.07) is 4.88. The van der Waals surface area contributed by atoms with Crippen molar-refractivity contribution in [1.82, 2.24) is 5.32 Å². The van der Waals surface area contributed by atoms with Gasteiger partial charge in [-0.3, -0.25) is 0 Å². The van der Waals surface area contributed by atoms with Crippen molar-refractivity contribution in [2.24, 2.45) is 5.92 Å². The molecule has 1 aliphatic rings. The molecule has 1 aromatic rings. The molecule has 2 unspecified atom stereocenters. The van der Waals surface area contributed by atoms with Crippen LogP contribution in [0.4, 0.5) is 0 Å². The van der Waals surface area contributed by atoms with Gasteiger partial charge in [-0.2, -0.15) is 0 Å². The molecular formula is C18H31NOS. The zero-order valence-corrected chi connectivity index (χ0v) is 14.5. The molecule has 1 saturated carbocycles. The summed E-state index contributed by atoms with van der Waals surface area (Å²) in [5.74, 6) is 0.744. The second-order valence-electron chi connectivity index (χ2n) is 6.16. The largest absolute Gasteiger partial charge is 0.377 e. The molecule has 0 radical (unpaired) electrons. The second kappa shape index (κ2) is 9.60. The van der Waals surface area contributed by atoms with Crippen LogP contribution in [-0.2, 0) is 11.2 Å². The van der Waals surface area contributed by atoms with Crippen molar-refractivity contribution in [3.05, 3.63) is 22.4 Å². The van der Waals surface area contributed by atoms with E-state index in [0.29, 0.717) is 12.1 Å². The molecule has 2 atom stereocenters. The predicted octanol–water partition coefficient (Wildman–Crippen LogP) is 4.64. The zero-order chi connectivity index (χ0) is 14.9. The molecular weight excluding hydrogens is 278 g/mol. The number of rotatable bonds is 9. The summed E-state index contributed by atoms with van der Waals surface area (Å²) in [5.41, 5.74) is 0. The van der Waals surface area contributed by atoms with Gasteiger partial charge in [-0.05, 0) is 56.5 Å². The predicted molar refractivity (Wildman–Crippen MR) is 92.1 cm³/mol. The molecule has 2 nitrogen and oxygen atoms in total. The van der Waals surface area contributed by atoms with Crippen molar-refractivity contribution in [2.45, 2.75) is 70.9 Å². The average Bonchev–Trinajstić information content (AvgIpc) is 3.03. The first-order chi connectivity index (χ1) is 10.3. The van der Waals surface area contributed by atoms with Gasteiger partial charge in [0.2, 0.25) is 0 Å². The molecule has 3 heteroatoms. The van der Waals surface area contributed by atoms with E-state index in [1.807, 2.05) is 11.3 Å². The SMILES string of the molecule is CCCNC(Cc1cccs1)C(OCC)C1CCCCC1. The van der Waals surface area contributed by atoms with Crippen LogP contribution in [0.1, 0.15) is 57.2 Å². The van der Waals surface area contributed by atoms with Gasteiger partial charge in [0.25, 0.3) is 0 Å². The van der Waals surface area contributed by atoms with Gasteiger partial charge in [-0.25, -0.2) is 0 Å². The Balaban J connectivity index is 2.04. The third-order valence-electron chi connectivity index (χ3n) is 4.53. The Labute approximate surface area is 134 Å². The van der Waals surface area contributed by atoms with Crippen molar-refractivity contribution in [1.29, 1.82) is 0 Å². The van der Waals surface area contributed by atoms with Crippen LogP contribution < -0.4 is 5.32 Å². The van der Waals surface area contributed by atoms with Crippen LogP contribution >= 0.6 is 11.3 Å². The van der Waals surface area contributed by atoms with Crippen LogP contribution in [0.3, 0.4) is 0 Å². The Bertz CT molecular complexity index is 359. The maximum absolute atomic E-state index is 6.23. The van der Waals surface area contributed by atoms with E-state index in [1.165, 1.54) is 43.4 Å². The number of nitrogens with one attached hydrogen (secondary N) is 1. The molecule has 2 rings (SSSR count). The highest BCUT2D eigenvalue weighted by Crippen LogP contribution is 2.30. The minimum absolute atomic E-state index is 0.379. The fourth-order valence-corrected chi connectivity index (χ4v) is 4.28. The third-order valence-corrected chi connectivity index (χ3v) is 5.43. The van der Waals surface area contributed by atoms with Gasteiger partial charge >= 0.3 is 0 Å². The van der Waals surface area contributed by atoms with E-state index in [1.54, 1.807) is 0 Å². The number of thiophene rings is 1. The lowest BCUT2D eigenvalue weighted by Gasteiger charge is -2.36. The molecule has 120 valence electrons. The lowest BCUT2D eigenvalue weighted by molar-refractivity contribution is -0.0172. The summed E-state index contributed by atoms with van der Waals surface area (Å²) in [6.07, 6.45) is 9.54. The van der Waals surface area contributed by atoms with E-state index in [2.05, 4.69) is 36.7 Å². The van der Waals surface area contributed by atoms with Gasteiger partial charge in [0.1, 0.15) is 0 Å². The first kappa shape index (κ1) is 17.0. The molecule has 1 N–H and O–H groups in total. The molecule has 21 heavy (non-hydrogen) atoms. The van der Waals surface area contributed by atoms with Gasteiger partial charge in [0.15, 0.2) is 0 Å². The van der Waals surface area contributed by atoms with Gasteiger partial charge in [-0.15, -0.1) is 11.3 Å². The van der Waals surface area contributed by atoms with E-state index >= 15 is 0 Å². The molecule has 1 fully saturated rings. The number of ether oxygens (including phenoxy) is 1. The van der Waals surface area contributed by atoms with Crippen LogP contribution in [0.15, 0.2) is 17.5 Å².